The van der Waals surface area contributed by atoms with Crippen molar-refractivity contribution in [1.29, 1.82) is 0 Å². The highest BCUT2D eigenvalue weighted by Gasteiger charge is 2.10. The molecule has 0 bridgehead atoms. The van der Waals surface area contributed by atoms with Crippen molar-refractivity contribution >= 4 is 17.3 Å². The maximum absolute atomic E-state index is 11.1. The first-order valence-electron chi connectivity index (χ1n) is 6.05. The Morgan fingerprint density at radius 1 is 1.42 bits per heavy atom. The van der Waals surface area contributed by atoms with Crippen LogP contribution in [0.3, 0.4) is 0 Å². The van der Waals surface area contributed by atoms with E-state index in [0.717, 1.165) is 30.1 Å². The Morgan fingerprint density at radius 2 is 2.21 bits per heavy atom. The second kappa shape index (κ2) is 6.45. The number of carbonyl (C=O) groups is 1. The van der Waals surface area contributed by atoms with E-state index < -0.39 is 5.97 Å². The van der Waals surface area contributed by atoms with Gasteiger partial charge in [-0.2, -0.15) is 0 Å². The molecular weight excluding hydrogens is 260 g/mol. The molecule has 1 aromatic carbocycles. The minimum atomic E-state index is -0.863. The average Bonchev–Trinajstić information content (AvgIpc) is 2.89. The molecule has 1 heterocycles. The zero-order chi connectivity index (χ0) is 13.7. The third-order valence-electron chi connectivity index (χ3n) is 2.90. The second-order valence-corrected chi connectivity index (χ2v) is 5.36. The number of aromatic nitrogens is 1. The SMILES string of the molecule is CN(CCc1ccccc1C(=O)O)Cc1nccs1. The number of thiazole rings is 1. The fraction of sp³-hybridized carbons (Fsp3) is 0.286. The smallest absolute Gasteiger partial charge is 0.335 e. The summed E-state index contributed by atoms with van der Waals surface area (Å²) >= 11 is 1.63. The quantitative estimate of drug-likeness (QED) is 0.881. The van der Waals surface area contributed by atoms with Gasteiger partial charge in [-0.25, -0.2) is 9.78 Å². The van der Waals surface area contributed by atoms with Crippen molar-refractivity contribution in [1.82, 2.24) is 9.88 Å². The van der Waals surface area contributed by atoms with Crippen LogP contribution in [-0.2, 0) is 13.0 Å². The Balaban J connectivity index is 1.93. The van der Waals surface area contributed by atoms with Gasteiger partial charge in [0.05, 0.1) is 12.1 Å². The first kappa shape index (κ1) is 13.7. The predicted molar refractivity (Wildman–Crippen MR) is 75.6 cm³/mol. The summed E-state index contributed by atoms with van der Waals surface area (Å²) < 4.78 is 0. The van der Waals surface area contributed by atoms with Crippen LogP contribution >= 0.6 is 11.3 Å². The maximum atomic E-state index is 11.1. The third kappa shape index (κ3) is 3.87. The summed E-state index contributed by atoms with van der Waals surface area (Å²) in [5.74, 6) is -0.863. The monoisotopic (exact) mass is 276 g/mol. The van der Waals surface area contributed by atoms with Crippen LogP contribution in [0.5, 0.6) is 0 Å². The van der Waals surface area contributed by atoms with E-state index in [2.05, 4.69) is 9.88 Å². The van der Waals surface area contributed by atoms with E-state index in [0.29, 0.717) is 5.56 Å². The lowest BCUT2D eigenvalue weighted by Gasteiger charge is -2.15. The van der Waals surface area contributed by atoms with Gasteiger partial charge in [-0.15, -0.1) is 11.3 Å². The van der Waals surface area contributed by atoms with Gasteiger partial charge in [0.2, 0.25) is 0 Å². The summed E-state index contributed by atoms with van der Waals surface area (Å²) in [6.45, 7) is 1.61. The van der Waals surface area contributed by atoms with E-state index in [4.69, 9.17) is 5.11 Å². The van der Waals surface area contributed by atoms with Crippen molar-refractivity contribution in [2.75, 3.05) is 13.6 Å². The van der Waals surface area contributed by atoms with Gasteiger partial charge < -0.3 is 5.11 Å². The topological polar surface area (TPSA) is 53.4 Å². The van der Waals surface area contributed by atoms with Gasteiger partial charge >= 0.3 is 5.97 Å². The van der Waals surface area contributed by atoms with Crippen molar-refractivity contribution in [2.45, 2.75) is 13.0 Å². The van der Waals surface area contributed by atoms with E-state index in [-0.39, 0.29) is 0 Å². The van der Waals surface area contributed by atoms with E-state index >= 15 is 0 Å². The Morgan fingerprint density at radius 3 is 2.89 bits per heavy atom. The molecular formula is C14H16N2O2S. The Kier molecular flexibility index (Phi) is 4.65. The van der Waals surface area contributed by atoms with Crippen LogP contribution in [0.2, 0.25) is 0 Å². The molecule has 0 saturated heterocycles. The lowest BCUT2D eigenvalue weighted by Crippen LogP contribution is -2.21. The lowest BCUT2D eigenvalue weighted by molar-refractivity contribution is 0.0695. The number of nitrogens with zero attached hydrogens (tertiary/aromatic N) is 2. The van der Waals surface area contributed by atoms with Crippen molar-refractivity contribution in [2.24, 2.45) is 0 Å². The summed E-state index contributed by atoms with van der Waals surface area (Å²) in [6, 6.07) is 7.16. The number of hydrogen-bond acceptors (Lipinski definition) is 4. The molecule has 0 aliphatic carbocycles. The van der Waals surface area contributed by atoms with Gasteiger partial charge in [-0.3, -0.25) is 4.90 Å². The average molecular weight is 276 g/mol. The molecule has 1 aromatic heterocycles. The van der Waals surface area contributed by atoms with Gasteiger partial charge in [0.15, 0.2) is 0 Å². The number of benzene rings is 1. The molecule has 0 spiro atoms. The van der Waals surface area contributed by atoms with Crippen LogP contribution in [0.4, 0.5) is 0 Å². The fourth-order valence-corrected chi connectivity index (χ4v) is 2.59. The number of carboxylic acid groups (broad SMARTS) is 1. The lowest BCUT2D eigenvalue weighted by atomic mass is 10.0. The van der Waals surface area contributed by atoms with E-state index in [1.807, 2.05) is 24.6 Å². The third-order valence-corrected chi connectivity index (χ3v) is 3.66. The van der Waals surface area contributed by atoms with Crippen molar-refractivity contribution in [3.05, 3.63) is 52.0 Å². The summed E-state index contributed by atoms with van der Waals surface area (Å²) in [4.78, 5) is 17.5. The fourth-order valence-electron chi connectivity index (χ4n) is 1.90. The van der Waals surface area contributed by atoms with Gasteiger partial charge in [-0.05, 0) is 25.1 Å². The second-order valence-electron chi connectivity index (χ2n) is 4.38. The maximum Gasteiger partial charge on any atom is 0.335 e. The first-order valence-corrected chi connectivity index (χ1v) is 6.93. The number of rotatable bonds is 6. The summed E-state index contributed by atoms with van der Waals surface area (Å²) in [5, 5.41) is 12.2. The molecule has 0 atom stereocenters. The molecule has 0 fully saturated rings. The molecule has 0 radical (unpaired) electrons. The molecule has 19 heavy (non-hydrogen) atoms. The van der Waals surface area contributed by atoms with Crippen LogP contribution in [0.25, 0.3) is 0 Å². The summed E-state index contributed by atoms with van der Waals surface area (Å²) in [5.41, 5.74) is 1.27. The number of likely N-dealkylation sites (N-methyl/N-ethyl adjacent to an activating group) is 1. The zero-order valence-electron chi connectivity index (χ0n) is 10.7. The molecule has 0 unspecified atom stereocenters. The van der Waals surface area contributed by atoms with Gasteiger partial charge in [0.1, 0.15) is 5.01 Å². The Labute approximate surface area is 116 Å². The van der Waals surface area contributed by atoms with Crippen LogP contribution in [-0.4, -0.2) is 34.6 Å². The highest BCUT2D eigenvalue weighted by molar-refractivity contribution is 7.09. The molecule has 2 aromatic rings. The number of aromatic carboxylic acids is 1. The molecule has 100 valence electrons. The molecule has 0 saturated carbocycles. The molecule has 4 nitrogen and oxygen atoms in total. The van der Waals surface area contributed by atoms with Crippen molar-refractivity contribution in [3.8, 4) is 0 Å². The van der Waals surface area contributed by atoms with Crippen LogP contribution < -0.4 is 0 Å². The van der Waals surface area contributed by atoms with Crippen LogP contribution in [0.15, 0.2) is 35.8 Å². The molecule has 0 aliphatic rings. The number of hydrogen-bond donors (Lipinski definition) is 1. The normalized spacial score (nSPS) is 10.8. The Hall–Kier alpha value is -1.72. The van der Waals surface area contributed by atoms with E-state index in [1.165, 1.54) is 0 Å². The van der Waals surface area contributed by atoms with Crippen molar-refractivity contribution in [3.63, 3.8) is 0 Å². The Bertz CT molecular complexity index is 540. The van der Waals surface area contributed by atoms with Crippen LogP contribution in [0, 0.1) is 0 Å². The summed E-state index contributed by atoms with van der Waals surface area (Å²) in [6.07, 6.45) is 2.53. The van der Waals surface area contributed by atoms with Gasteiger partial charge in [0, 0.05) is 18.1 Å². The van der Waals surface area contributed by atoms with E-state index in [1.54, 1.807) is 29.7 Å². The standard InChI is InChI=1S/C14H16N2O2S/c1-16(10-13-15-7-9-19-13)8-6-11-4-2-3-5-12(11)14(17)18/h2-5,7,9H,6,8,10H2,1H3,(H,17,18). The molecule has 1 N–H and O–H groups in total. The summed E-state index contributed by atoms with van der Waals surface area (Å²) in [7, 11) is 2.02. The van der Waals surface area contributed by atoms with Gasteiger partial charge in [-0.1, -0.05) is 18.2 Å². The molecule has 5 heteroatoms. The zero-order valence-corrected chi connectivity index (χ0v) is 11.6. The largest absolute Gasteiger partial charge is 0.478 e. The molecule has 2 rings (SSSR count). The molecule has 0 amide bonds. The molecule has 0 aliphatic heterocycles. The predicted octanol–water partition coefficient (Wildman–Crippen LogP) is 2.52. The highest BCUT2D eigenvalue weighted by Crippen LogP contribution is 2.11. The van der Waals surface area contributed by atoms with Gasteiger partial charge in [0.25, 0.3) is 0 Å². The minimum Gasteiger partial charge on any atom is -0.478 e. The number of carboxylic acids is 1. The minimum absolute atomic E-state index is 0.394. The van der Waals surface area contributed by atoms with Crippen molar-refractivity contribution < 1.29 is 9.90 Å². The van der Waals surface area contributed by atoms with E-state index in [9.17, 15) is 4.79 Å². The van der Waals surface area contributed by atoms with Crippen LogP contribution in [0.1, 0.15) is 20.9 Å². The first-order chi connectivity index (χ1) is 9.16. The highest BCUT2D eigenvalue weighted by atomic mass is 32.1.